The number of amides is 1. The molecule has 3 rings (SSSR count). The number of carbonyl (C=O) groups excluding carboxylic acids is 2. The maximum atomic E-state index is 13.0. The van der Waals surface area contributed by atoms with Crippen LogP contribution in [-0.2, 0) is 11.3 Å². The van der Waals surface area contributed by atoms with Crippen molar-refractivity contribution in [3.05, 3.63) is 54.3 Å². The van der Waals surface area contributed by atoms with E-state index in [2.05, 4.69) is 0 Å². The molecule has 2 aromatic heterocycles. The van der Waals surface area contributed by atoms with Gasteiger partial charge in [0.15, 0.2) is 5.78 Å². The number of aromatic hydroxyl groups is 1. The molecule has 0 aliphatic carbocycles. The highest BCUT2D eigenvalue weighted by Crippen LogP contribution is 2.33. The second kappa shape index (κ2) is 10.3. The van der Waals surface area contributed by atoms with Gasteiger partial charge in [0, 0.05) is 24.4 Å². The number of unbranched alkanes of at least 4 members (excludes halogenated alkanes) is 1. The van der Waals surface area contributed by atoms with Gasteiger partial charge in [-0.15, -0.1) is 11.3 Å². The molecule has 1 fully saturated rings. The normalized spacial score (nSPS) is 14.9. The minimum atomic E-state index is -0.608. The monoisotopic (exact) mass is 487 g/mol. The lowest BCUT2D eigenvalue weighted by Crippen LogP contribution is -2.31. The van der Waals surface area contributed by atoms with Crippen LogP contribution in [0.5, 0.6) is 5.88 Å². The summed E-state index contributed by atoms with van der Waals surface area (Å²) in [6.45, 7) is 3.65. The van der Waals surface area contributed by atoms with Gasteiger partial charge in [0.05, 0.1) is 10.5 Å². The van der Waals surface area contributed by atoms with Crippen LogP contribution in [0.25, 0.3) is 6.08 Å². The van der Waals surface area contributed by atoms with Crippen LogP contribution in [0.1, 0.15) is 52.5 Å². The second-order valence-corrected chi connectivity index (χ2v) is 9.80. The fourth-order valence-electron chi connectivity index (χ4n) is 3.34. The number of thiocarbonyl (C=S) groups is 1. The molecule has 0 saturated carbocycles. The number of Topliss-reactive ketones (excluding diaryl/α,β-unsaturated/α-hetero) is 1. The summed E-state index contributed by atoms with van der Waals surface area (Å²) in [7, 11) is 0. The highest BCUT2D eigenvalue weighted by Gasteiger charge is 2.33. The van der Waals surface area contributed by atoms with Crippen LogP contribution in [0.3, 0.4) is 0 Å². The average Bonchev–Trinajstić information content (AvgIpc) is 3.35. The quantitative estimate of drug-likeness (QED) is 0.340. The Hall–Kier alpha value is -2.74. The number of thioether (sulfide) groups is 1. The Morgan fingerprint density at radius 1 is 1.34 bits per heavy atom. The molecule has 0 bridgehead atoms. The summed E-state index contributed by atoms with van der Waals surface area (Å²) in [5, 5.41) is 22.0. The number of pyridine rings is 1. The topological polar surface area (TPSA) is 103 Å². The van der Waals surface area contributed by atoms with E-state index in [1.165, 1.54) is 34.9 Å². The molecule has 0 unspecified atom stereocenters. The summed E-state index contributed by atoms with van der Waals surface area (Å²) in [6, 6.07) is 5.63. The number of hydrogen-bond acceptors (Lipinski definition) is 8. The summed E-state index contributed by atoms with van der Waals surface area (Å²) in [5.74, 6) is -1.17. The van der Waals surface area contributed by atoms with E-state index in [-0.39, 0.29) is 42.1 Å². The third kappa shape index (κ3) is 4.70. The summed E-state index contributed by atoms with van der Waals surface area (Å²) < 4.78 is 1.43. The number of aromatic nitrogens is 1. The average molecular weight is 488 g/mol. The molecule has 32 heavy (non-hydrogen) atoms. The Kier molecular flexibility index (Phi) is 7.66. The van der Waals surface area contributed by atoms with Crippen LogP contribution < -0.4 is 5.56 Å². The molecule has 166 valence electrons. The van der Waals surface area contributed by atoms with E-state index in [4.69, 9.17) is 12.2 Å². The molecular formula is C22H21N3O4S3. The van der Waals surface area contributed by atoms with E-state index >= 15 is 0 Å². The summed E-state index contributed by atoms with van der Waals surface area (Å²) in [4.78, 5) is 41.1. The van der Waals surface area contributed by atoms with Crippen molar-refractivity contribution in [3.8, 4) is 11.9 Å². The van der Waals surface area contributed by atoms with Crippen molar-refractivity contribution in [3.63, 3.8) is 0 Å². The van der Waals surface area contributed by atoms with Crippen molar-refractivity contribution in [1.82, 2.24) is 9.47 Å². The number of ketones is 1. The summed E-state index contributed by atoms with van der Waals surface area (Å²) in [6.07, 6.45) is 3.05. The van der Waals surface area contributed by atoms with Gasteiger partial charge in [-0.25, -0.2) is 0 Å². The SMILES string of the molecule is CCCCn1c(O)c(C(=O)CCN2C(=O)/C(=C/c3cccs3)SC2=S)c(C)c(C#N)c1=O. The van der Waals surface area contributed by atoms with Gasteiger partial charge in [-0.05, 0) is 36.4 Å². The maximum absolute atomic E-state index is 13.0. The lowest BCUT2D eigenvalue weighted by molar-refractivity contribution is -0.122. The molecule has 1 N–H and O–H groups in total. The Morgan fingerprint density at radius 2 is 2.09 bits per heavy atom. The van der Waals surface area contributed by atoms with Gasteiger partial charge in [-0.2, -0.15) is 5.26 Å². The molecule has 7 nitrogen and oxygen atoms in total. The molecule has 10 heteroatoms. The van der Waals surface area contributed by atoms with Gasteiger partial charge < -0.3 is 5.11 Å². The lowest BCUT2D eigenvalue weighted by Gasteiger charge is -2.17. The zero-order valence-electron chi connectivity index (χ0n) is 17.6. The molecule has 0 atom stereocenters. The number of thiophene rings is 1. The molecular weight excluding hydrogens is 466 g/mol. The molecule has 0 aromatic carbocycles. The number of nitriles is 1. The van der Waals surface area contributed by atoms with Crippen LogP contribution in [0.2, 0.25) is 0 Å². The van der Waals surface area contributed by atoms with E-state index < -0.39 is 17.2 Å². The first-order chi connectivity index (χ1) is 15.3. The first-order valence-electron chi connectivity index (χ1n) is 9.98. The zero-order valence-corrected chi connectivity index (χ0v) is 20.0. The lowest BCUT2D eigenvalue weighted by atomic mass is 9.99. The Labute approximate surface area is 199 Å². The Balaban J connectivity index is 1.83. The smallest absolute Gasteiger partial charge is 0.271 e. The zero-order chi connectivity index (χ0) is 23.4. The van der Waals surface area contributed by atoms with Gasteiger partial charge in [-0.3, -0.25) is 23.9 Å². The molecule has 2 aromatic rings. The van der Waals surface area contributed by atoms with Crippen LogP contribution in [0, 0.1) is 18.3 Å². The molecule has 1 amide bonds. The van der Waals surface area contributed by atoms with E-state index in [9.17, 15) is 24.8 Å². The van der Waals surface area contributed by atoms with Crippen molar-refractivity contribution < 1.29 is 14.7 Å². The number of rotatable bonds is 8. The number of carbonyl (C=O) groups is 2. The van der Waals surface area contributed by atoms with E-state index in [1.807, 2.05) is 30.5 Å². The van der Waals surface area contributed by atoms with Gasteiger partial charge in [0.2, 0.25) is 5.88 Å². The highest BCUT2D eigenvalue weighted by atomic mass is 32.2. The maximum Gasteiger partial charge on any atom is 0.271 e. The van der Waals surface area contributed by atoms with Gasteiger partial charge in [0.25, 0.3) is 11.5 Å². The summed E-state index contributed by atoms with van der Waals surface area (Å²) in [5.41, 5.74) is -0.678. The third-order valence-electron chi connectivity index (χ3n) is 5.07. The molecule has 3 heterocycles. The van der Waals surface area contributed by atoms with Gasteiger partial charge in [-0.1, -0.05) is 43.4 Å². The first kappa shape index (κ1) is 23.9. The van der Waals surface area contributed by atoms with Crippen molar-refractivity contribution in [2.45, 2.75) is 39.7 Å². The summed E-state index contributed by atoms with van der Waals surface area (Å²) >= 11 is 8.00. The predicted molar refractivity (Wildman–Crippen MR) is 130 cm³/mol. The van der Waals surface area contributed by atoms with Crippen LogP contribution >= 0.6 is 35.3 Å². The molecule has 0 spiro atoms. The fraction of sp³-hybridized carbons (Fsp3) is 0.318. The van der Waals surface area contributed by atoms with Crippen molar-refractivity contribution >= 4 is 57.4 Å². The second-order valence-electron chi connectivity index (χ2n) is 7.14. The largest absolute Gasteiger partial charge is 0.494 e. The third-order valence-corrected chi connectivity index (χ3v) is 7.26. The van der Waals surface area contributed by atoms with Gasteiger partial charge in [0.1, 0.15) is 16.0 Å². The molecule has 1 saturated heterocycles. The molecule has 1 aliphatic rings. The number of nitrogens with zero attached hydrogens (tertiary/aromatic N) is 3. The Morgan fingerprint density at radius 3 is 2.72 bits per heavy atom. The van der Waals surface area contributed by atoms with Crippen LogP contribution in [0.15, 0.2) is 27.2 Å². The minimum Gasteiger partial charge on any atom is -0.494 e. The van der Waals surface area contributed by atoms with Crippen molar-refractivity contribution in [1.29, 1.82) is 5.26 Å². The van der Waals surface area contributed by atoms with Crippen molar-refractivity contribution in [2.75, 3.05) is 6.54 Å². The highest BCUT2D eigenvalue weighted by molar-refractivity contribution is 8.26. The standard InChI is InChI=1S/C22H21N3O4S3/c1-3-4-8-24-19(27)15(12-23)13(2)18(21(24)29)16(26)7-9-25-20(28)17(32-22(25)30)11-14-6-5-10-31-14/h5-6,10-11,29H,3-4,7-9H2,1-2H3/b17-11-. The van der Waals surface area contributed by atoms with E-state index in [0.717, 1.165) is 15.9 Å². The molecule has 0 radical (unpaired) electrons. The van der Waals surface area contributed by atoms with Gasteiger partial charge >= 0.3 is 0 Å². The minimum absolute atomic E-state index is 0.0418. The van der Waals surface area contributed by atoms with E-state index in [0.29, 0.717) is 15.6 Å². The van der Waals surface area contributed by atoms with Crippen LogP contribution in [-0.4, -0.2) is 37.1 Å². The van der Waals surface area contributed by atoms with Crippen molar-refractivity contribution in [2.24, 2.45) is 0 Å². The number of hydrogen-bond donors (Lipinski definition) is 1. The molecule has 1 aliphatic heterocycles. The fourth-order valence-corrected chi connectivity index (χ4v) is 5.37. The van der Waals surface area contributed by atoms with E-state index in [1.54, 1.807) is 6.08 Å². The predicted octanol–water partition coefficient (Wildman–Crippen LogP) is 4.07. The first-order valence-corrected chi connectivity index (χ1v) is 12.1. The van der Waals surface area contributed by atoms with Crippen LogP contribution in [0.4, 0.5) is 0 Å². The Bertz CT molecular complexity index is 1210.